The minimum atomic E-state index is -3.61. The van der Waals surface area contributed by atoms with Crippen LogP contribution in [0.15, 0.2) is 40.6 Å². The van der Waals surface area contributed by atoms with Gasteiger partial charge in [-0.15, -0.1) is 11.3 Å². The van der Waals surface area contributed by atoms with Gasteiger partial charge in [0.05, 0.1) is 11.3 Å². The Balaban J connectivity index is 1.61. The van der Waals surface area contributed by atoms with Crippen LogP contribution in [-0.2, 0) is 30.8 Å². The molecule has 1 aliphatic rings. The molecule has 0 radical (unpaired) electrons. The molecule has 1 saturated heterocycles. The highest BCUT2D eigenvalue weighted by molar-refractivity contribution is 7.89. The lowest BCUT2D eigenvalue weighted by molar-refractivity contribution is -0.146. The topological polar surface area (TPSA) is 92.8 Å². The maximum atomic E-state index is 13.0. The van der Waals surface area contributed by atoms with Crippen LogP contribution in [0.1, 0.15) is 29.7 Å². The minimum absolute atomic E-state index is 0.119. The van der Waals surface area contributed by atoms with Crippen LogP contribution in [0.2, 0.25) is 0 Å². The van der Waals surface area contributed by atoms with Crippen LogP contribution in [-0.4, -0.2) is 44.3 Å². The molecule has 0 saturated carbocycles. The van der Waals surface area contributed by atoms with E-state index in [9.17, 15) is 18.0 Å². The van der Waals surface area contributed by atoms with E-state index in [1.807, 2.05) is 17.5 Å². The van der Waals surface area contributed by atoms with Gasteiger partial charge >= 0.3 is 5.97 Å². The fourth-order valence-electron chi connectivity index (χ4n) is 3.15. The number of piperidine rings is 1. The highest BCUT2D eigenvalue weighted by Crippen LogP contribution is 2.26. The number of hydrogen-bond donors (Lipinski definition) is 1. The molecule has 1 aromatic heterocycles. The van der Waals surface area contributed by atoms with Crippen molar-refractivity contribution in [3.63, 3.8) is 0 Å². The van der Waals surface area contributed by atoms with E-state index in [-0.39, 0.29) is 11.3 Å². The van der Waals surface area contributed by atoms with Crippen LogP contribution in [0, 0.1) is 6.92 Å². The lowest BCUT2D eigenvalue weighted by atomic mass is 10.2. The van der Waals surface area contributed by atoms with E-state index < -0.39 is 28.5 Å². The van der Waals surface area contributed by atoms with Gasteiger partial charge in [0.15, 0.2) is 6.61 Å². The fourth-order valence-corrected chi connectivity index (χ4v) is 5.61. The molecule has 3 rings (SSSR count). The first kappa shape index (κ1) is 21.5. The molecule has 9 heteroatoms. The second kappa shape index (κ2) is 9.51. The fraction of sp³-hybridized carbons (Fsp3) is 0.400. The van der Waals surface area contributed by atoms with Crippen LogP contribution >= 0.6 is 11.3 Å². The molecule has 2 heterocycles. The number of esters is 1. The summed E-state index contributed by atoms with van der Waals surface area (Å²) in [5.41, 5.74) is 0.974. The Hall–Kier alpha value is -2.23. The molecule has 29 heavy (non-hydrogen) atoms. The second-order valence-corrected chi connectivity index (χ2v) is 9.85. The van der Waals surface area contributed by atoms with Crippen molar-refractivity contribution in [2.75, 3.05) is 25.0 Å². The number of amides is 1. The van der Waals surface area contributed by atoms with Crippen molar-refractivity contribution in [2.24, 2.45) is 0 Å². The number of ether oxygens (including phenoxy) is 1. The van der Waals surface area contributed by atoms with Gasteiger partial charge in [0.1, 0.15) is 0 Å². The summed E-state index contributed by atoms with van der Waals surface area (Å²) >= 11 is 1.44. The van der Waals surface area contributed by atoms with Crippen LogP contribution in [0.4, 0.5) is 5.69 Å². The predicted molar refractivity (Wildman–Crippen MR) is 111 cm³/mol. The third-order valence-electron chi connectivity index (χ3n) is 4.67. The number of nitrogens with one attached hydrogen (secondary N) is 1. The van der Waals surface area contributed by atoms with E-state index in [0.29, 0.717) is 24.3 Å². The Morgan fingerprint density at radius 2 is 1.93 bits per heavy atom. The summed E-state index contributed by atoms with van der Waals surface area (Å²) in [5, 5.41) is 4.47. The van der Waals surface area contributed by atoms with Crippen molar-refractivity contribution in [3.05, 3.63) is 46.2 Å². The van der Waals surface area contributed by atoms with Gasteiger partial charge in [-0.3, -0.25) is 9.59 Å². The molecule has 1 fully saturated rings. The SMILES string of the molecule is Cc1ccc(NC(=O)COC(=O)Cc2cccs2)cc1S(=O)(=O)N1CCCCC1. The quantitative estimate of drug-likeness (QED) is 0.674. The van der Waals surface area contributed by atoms with E-state index in [2.05, 4.69) is 5.32 Å². The molecule has 1 aromatic carbocycles. The predicted octanol–water partition coefficient (Wildman–Crippen LogP) is 2.96. The number of carbonyl (C=O) groups is 2. The summed E-state index contributed by atoms with van der Waals surface area (Å²) in [6.45, 7) is 2.33. The lowest BCUT2D eigenvalue weighted by Gasteiger charge is -2.26. The van der Waals surface area contributed by atoms with Gasteiger partial charge in [-0.1, -0.05) is 18.6 Å². The Kier molecular flexibility index (Phi) is 7.05. The molecule has 0 unspecified atom stereocenters. The molecule has 0 bridgehead atoms. The van der Waals surface area contributed by atoms with Crippen molar-refractivity contribution in [3.8, 4) is 0 Å². The van der Waals surface area contributed by atoms with Gasteiger partial charge in [-0.05, 0) is 48.9 Å². The number of nitrogens with zero attached hydrogens (tertiary/aromatic N) is 1. The summed E-state index contributed by atoms with van der Waals surface area (Å²) in [7, 11) is -3.61. The normalized spacial score (nSPS) is 15.1. The Bertz CT molecular complexity index is 965. The molecule has 1 amide bonds. The number of aryl methyl sites for hydroxylation is 1. The van der Waals surface area contributed by atoms with Crippen LogP contribution < -0.4 is 5.32 Å². The number of anilines is 1. The van der Waals surface area contributed by atoms with E-state index >= 15 is 0 Å². The van der Waals surface area contributed by atoms with E-state index in [4.69, 9.17) is 4.74 Å². The molecule has 1 aliphatic heterocycles. The van der Waals surface area contributed by atoms with E-state index in [1.165, 1.54) is 21.7 Å². The summed E-state index contributed by atoms with van der Waals surface area (Å²) < 4.78 is 32.4. The largest absolute Gasteiger partial charge is 0.455 e. The Labute approximate surface area is 174 Å². The van der Waals surface area contributed by atoms with Gasteiger partial charge in [-0.25, -0.2) is 8.42 Å². The van der Waals surface area contributed by atoms with Gasteiger partial charge < -0.3 is 10.1 Å². The average molecular weight is 437 g/mol. The maximum Gasteiger partial charge on any atom is 0.311 e. The van der Waals surface area contributed by atoms with E-state index in [1.54, 1.807) is 19.1 Å². The van der Waals surface area contributed by atoms with Gasteiger partial charge in [0.2, 0.25) is 10.0 Å². The van der Waals surface area contributed by atoms with Crippen molar-refractivity contribution in [1.82, 2.24) is 4.31 Å². The zero-order valence-electron chi connectivity index (χ0n) is 16.2. The van der Waals surface area contributed by atoms with Crippen molar-refractivity contribution < 1.29 is 22.7 Å². The molecule has 0 atom stereocenters. The average Bonchev–Trinajstić information content (AvgIpc) is 3.21. The van der Waals surface area contributed by atoms with Crippen LogP contribution in [0.5, 0.6) is 0 Å². The minimum Gasteiger partial charge on any atom is -0.455 e. The highest BCUT2D eigenvalue weighted by Gasteiger charge is 2.27. The number of rotatable bonds is 7. The van der Waals surface area contributed by atoms with Crippen molar-refractivity contribution >= 4 is 38.9 Å². The van der Waals surface area contributed by atoms with Crippen LogP contribution in [0.25, 0.3) is 0 Å². The third kappa shape index (κ3) is 5.65. The molecular formula is C20H24N2O5S2. The molecule has 0 spiro atoms. The van der Waals surface area contributed by atoms with E-state index in [0.717, 1.165) is 24.1 Å². The second-order valence-electron chi connectivity index (χ2n) is 6.91. The van der Waals surface area contributed by atoms with Crippen LogP contribution in [0.3, 0.4) is 0 Å². The number of hydrogen-bond acceptors (Lipinski definition) is 6. The smallest absolute Gasteiger partial charge is 0.311 e. The first-order chi connectivity index (χ1) is 13.9. The highest BCUT2D eigenvalue weighted by atomic mass is 32.2. The number of thiophene rings is 1. The molecule has 0 aliphatic carbocycles. The Morgan fingerprint density at radius 3 is 2.62 bits per heavy atom. The Morgan fingerprint density at radius 1 is 1.17 bits per heavy atom. The molecule has 7 nitrogen and oxygen atoms in total. The standard InChI is InChI=1S/C20H24N2O5S2/c1-15-7-8-16(12-18(15)29(25,26)22-9-3-2-4-10-22)21-19(23)14-27-20(24)13-17-6-5-11-28-17/h5-8,11-12H,2-4,9-10,13-14H2,1H3,(H,21,23). The van der Waals surface area contributed by atoms with Crippen molar-refractivity contribution in [1.29, 1.82) is 0 Å². The first-order valence-electron chi connectivity index (χ1n) is 9.45. The lowest BCUT2D eigenvalue weighted by Crippen LogP contribution is -2.36. The number of benzene rings is 1. The van der Waals surface area contributed by atoms with Gasteiger partial charge in [0, 0.05) is 23.7 Å². The third-order valence-corrected chi connectivity index (χ3v) is 7.58. The number of carbonyl (C=O) groups excluding carboxylic acids is 2. The summed E-state index contributed by atoms with van der Waals surface area (Å²) in [6.07, 6.45) is 2.86. The zero-order valence-corrected chi connectivity index (χ0v) is 17.9. The monoisotopic (exact) mass is 436 g/mol. The summed E-state index contributed by atoms with van der Waals surface area (Å²) in [4.78, 5) is 25.0. The zero-order chi connectivity index (χ0) is 20.9. The summed E-state index contributed by atoms with van der Waals surface area (Å²) in [6, 6.07) is 8.42. The van der Waals surface area contributed by atoms with Gasteiger partial charge in [0.25, 0.3) is 5.91 Å². The molecule has 1 N–H and O–H groups in total. The van der Waals surface area contributed by atoms with Gasteiger partial charge in [-0.2, -0.15) is 4.31 Å². The summed E-state index contributed by atoms with van der Waals surface area (Å²) in [5.74, 6) is -1.01. The molecular weight excluding hydrogens is 412 g/mol. The molecule has 2 aromatic rings. The number of sulfonamides is 1. The first-order valence-corrected chi connectivity index (χ1v) is 11.8. The molecule has 156 valence electrons. The van der Waals surface area contributed by atoms with Crippen molar-refractivity contribution in [2.45, 2.75) is 37.5 Å². The maximum absolute atomic E-state index is 13.0.